The van der Waals surface area contributed by atoms with Gasteiger partial charge < -0.3 is 10.1 Å². The summed E-state index contributed by atoms with van der Waals surface area (Å²) in [5.74, 6) is -2.44. The first kappa shape index (κ1) is 20.3. The molecule has 1 heterocycles. The zero-order valence-electron chi connectivity index (χ0n) is 16.7. The number of benzene rings is 2. The van der Waals surface area contributed by atoms with E-state index in [9.17, 15) is 19.2 Å². The van der Waals surface area contributed by atoms with Crippen LogP contribution in [0.25, 0.3) is 0 Å². The Hall–Kier alpha value is -3.48. The molecule has 0 saturated heterocycles. The standard InChI is InChI=1S/C22H22N2O5/c1-12-9-10-13(2)18(11-12)23-19(25)15(4)29-22(28)14(3)24-20(26)16-7-5-6-8-17(16)21(24)27/h5-11,14-15H,1-4H3,(H,23,25)/t14-,15-/m1/s1. The molecule has 0 radical (unpaired) electrons. The zero-order chi connectivity index (χ0) is 21.3. The number of esters is 1. The van der Waals surface area contributed by atoms with Gasteiger partial charge in [0.2, 0.25) is 0 Å². The van der Waals surface area contributed by atoms with Crippen molar-refractivity contribution in [3.63, 3.8) is 0 Å². The smallest absolute Gasteiger partial charge is 0.329 e. The summed E-state index contributed by atoms with van der Waals surface area (Å²) < 4.78 is 5.23. The second-order valence-electron chi connectivity index (χ2n) is 7.09. The minimum atomic E-state index is -1.15. The second kappa shape index (κ2) is 7.87. The Morgan fingerprint density at radius 1 is 0.966 bits per heavy atom. The van der Waals surface area contributed by atoms with Gasteiger partial charge in [-0.1, -0.05) is 24.3 Å². The number of nitrogens with zero attached hydrogens (tertiary/aromatic N) is 1. The Balaban J connectivity index is 1.66. The molecule has 2 aromatic carbocycles. The molecule has 0 spiro atoms. The third-order valence-corrected chi connectivity index (χ3v) is 4.87. The Bertz CT molecular complexity index is 979. The van der Waals surface area contributed by atoms with Crippen molar-refractivity contribution in [3.05, 3.63) is 64.7 Å². The molecule has 3 rings (SSSR count). The molecule has 0 unspecified atom stereocenters. The molecule has 2 atom stereocenters. The topological polar surface area (TPSA) is 92.8 Å². The van der Waals surface area contributed by atoms with E-state index in [0.29, 0.717) is 5.69 Å². The number of ether oxygens (including phenoxy) is 1. The zero-order valence-corrected chi connectivity index (χ0v) is 16.7. The van der Waals surface area contributed by atoms with Crippen LogP contribution in [-0.2, 0) is 14.3 Å². The van der Waals surface area contributed by atoms with Gasteiger partial charge in [-0.15, -0.1) is 0 Å². The predicted molar refractivity (Wildman–Crippen MR) is 107 cm³/mol. The van der Waals surface area contributed by atoms with Crippen molar-refractivity contribution in [2.24, 2.45) is 0 Å². The van der Waals surface area contributed by atoms with E-state index >= 15 is 0 Å². The average Bonchev–Trinajstić information content (AvgIpc) is 2.94. The Morgan fingerprint density at radius 3 is 2.14 bits per heavy atom. The van der Waals surface area contributed by atoms with Crippen molar-refractivity contribution in [3.8, 4) is 0 Å². The van der Waals surface area contributed by atoms with Crippen LogP contribution in [0.4, 0.5) is 5.69 Å². The van der Waals surface area contributed by atoms with Crippen LogP contribution in [0.5, 0.6) is 0 Å². The Morgan fingerprint density at radius 2 is 1.55 bits per heavy atom. The highest BCUT2D eigenvalue weighted by molar-refractivity contribution is 6.22. The number of carbonyl (C=O) groups is 4. The summed E-state index contributed by atoms with van der Waals surface area (Å²) in [7, 11) is 0. The lowest BCUT2D eigenvalue weighted by molar-refractivity contribution is -0.156. The molecule has 7 nitrogen and oxygen atoms in total. The van der Waals surface area contributed by atoms with Crippen LogP contribution in [0.15, 0.2) is 42.5 Å². The van der Waals surface area contributed by atoms with Gasteiger partial charge >= 0.3 is 5.97 Å². The summed E-state index contributed by atoms with van der Waals surface area (Å²) in [6, 6.07) is 10.8. The first-order valence-electron chi connectivity index (χ1n) is 9.26. The fraction of sp³-hybridized carbons (Fsp3) is 0.273. The van der Waals surface area contributed by atoms with Crippen molar-refractivity contribution >= 4 is 29.4 Å². The van der Waals surface area contributed by atoms with Gasteiger partial charge in [-0.25, -0.2) is 4.79 Å². The van der Waals surface area contributed by atoms with E-state index in [2.05, 4.69) is 5.32 Å². The molecule has 3 amide bonds. The van der Waals surface area contributed by atoms with E-state index in [0.717, 1.165) is 16.0 Å². The quantitative estimate of drug-likeness (QED) is 0.622. The van der Waals surface area contributed by atoms with Gasteiger partial charge in [-0.2, -0.15) is 0 Å². The monoisotopic (exact) mass is 394 g/mol. The van der Waals surface area contributed by atoms with E-state index in [1.807, 2.05) is 32.0 Å². The Kier molecular flexibility index (Phi) is 5.50. The van der Waals surface area contributed by atoms with Gasteiger partial charge in [0.05, 0.1) is 11.1 Å². The maximum Gasteiger partial charge on any atom is 0.329 e. The van der Waals surface area contributed by atoms with Gasteiger partial charge in [0.15, 0.2) is 6.10 Å². The highest BCUT2D eigenvalue weighted by atomic mass is 16.5. The summed E-state index contributed by atoms with van der Waals surface area (Å²) in [5, 5.41) is 2.73. The largest absolute Gasteiger partial charge is 0.451 e. The highest BCUT2D eigenvalue weighted by Gasteiger charge is 2.41. The number of carbonyl (C=O) groups excluding carboxylic acids is 4. The van der Waals surface area contributed by atoms with Gasteiger partial charge in [-0.05, 0) is 57.0 Å². The molecular formula is C22H22N2O5. The molecule has 0 saturated carbocycles. The third-order valence-electron chi connectivity index (χ3n) is 4.87. The van der Waals surface area contributed by atoms with Crippen LogP contribution in [-0.4, -0.2) is 40.7 Å². The van der Waals surface area contributed by atoms with Crippen LogP contribution in [0.3, 0.4) is 0 Å². The van der Waals surface area contributed by atoms with Gasteiger partial charge in [0.1, 0.15) is 6.04 Å². The lowest BCUT2D eigenvalue weighted by Crippen LogP contribution is -2.45. The van der Waals surface area contributed by atoms with Crippen LogP contribution >= 0.6 is 0 Å². The number of aryl methyl sites for hydroxylation is 2. The number of rotatable bonds is 5. The number of imide groups is 1. The van der Waals surface area contributed by atoms with E-state index in [-0.39, 0.29) is 11.1 Å². The molecule has 1 aliphatic rings. The van der Waals surface area contributed by atoms with E-state index in [4.69, 9.17) is 4.74 Å². The normalized spacial score (nSPS) is 15.0. The summed E-state index contributed by atoms with van der Waals surface area (Å²) >= 11 is 0. The minimum Gasteiger partial charge on any atom is -0.451 e. The van der Waals surface area contributed by atoms with Gasteiger partial charge in [0.25, 0.3) is 17.7 Å². The molecule has 29 heavy (non-hydrogen) atoms. The number of amides is 3. The van der Waals surface area contributed by atoms with Crippen molar-refractivity contribution in [1.82, 2.24) is 4.90 Å². The van der Waals surface area contributed by atoms with Crippen molar-refractivity contribution in [2.75, 3.05) is 5.32 Å². The molecule has 1 aliphatic heterocycles. The number of nitrogens with one attached hydrogen (secondary N) is 1. The number of anilines is 1. The molecule has 150 valence electrons. The van der Waals surface area contributed by atoms with E-state index < -0.39 is 35.8 Å². The average molecular weight is 394 g/mol. The fourth-order valence-corrected chi connectivity index (χ4v) is 3.10. The summed E-state index contributed by atoms with van der Waals surface area (Å²) in [6.45, 7) is 6.60. The van der Waals surface area contributed by atoms with Crippen LogP contribution in [0, 0.1) is 13.8 Å². The summed E-state index contributed by atoms with van der Waals surface area (Å²) in [5.41, 5.74) is 2.98. The SMILES string of the molecule is Cc1ccc(C)c(NC(=O)[C@@H](C)OC(=O)[C@@H](C)N2C(=O)c3ccccc3C2=O)c1. The molecule has 0 fully saturated rings. The maximum absolute atomic E-state index is 12.5. The number of hydrogen-bond donors (Lipinski definition) is 1. The van der Waals surface area contributed by atoms with E-state index in [1.54, 1.807) is 12.1 Å². The third kappa shape index (κ3) is 3.89. The first-order valence-corrected chi connectivity index (χ1v) is 9.26. The maximum atomic E-state index is 12.5. The molecule has 2 aromatic rings. The van der Waals surface area contributed by atoms with Gasteiger partial charge in [-0.3, -0.25) is 19.3 Å². The lowest BCUT2D eigenvalue weighted by Gasteiger charge is -2.23. The van der Waals surface area contributed by atoms with Gasteiger partial charge in [0, 0.05) is 5.69 Å². The molecule has 0 aliphatic carbocycles. The fourth-order valence-electron chi connectivity index (χ4n) is 3.10. The van der Waals surface area contributed by atoms with Crippen molar-refractivity contribution in [1.29, 1.82) is 0 Å². The highest BCUT2D eigenvalue weighted by Crippen LogP contribution is 2.25. The van der Waals surface area contributed by atoms with Crippen molar-refractivity contribution in [2.45, 2.75) is 39.8 Å². The van der Waals surface area contributed by atoms with Crippen LogP contribution in [0.2, 0.25) is 0 Å². The number of fused-ring (bicyclic) bond motifs is 1. The molecule has 1 N–H and O–H groups in total. The molecule has 0 bridgehead atoms. The minimum absolute atomic E-state index is 0.248. The van der Waals surface area contributed by atoms with Crippen LogP contribution in [0.1, 0.15) is 45.7 Å². The lowest BCUT2D eigenvalue weighted by atomic mass is 10.1. The molecular weight excluding hydrogens is 372 g/mol. The van der Waals surface area contributed by atoms with E-state index in [1.165, 1.54) is 26.0 Å². The van der Waals surface area contributed by atoms with Crippen molar-refractivity contribution < 1.29 is 23.9 Å². The van der Waals surface area contributed by atoms with Crippen LogP contribution < -0.4 is 5.32 Å². The predicted octanol–water partition coefficient (Wildman–Crippen LogP) is 2.86. The molecule has 7 heteroatoms. The summed E-state index contributed by atoms with van der Waals surface area (Å²) in [6.07, 6.45) is -1.10. The first-order chi connectivity index (χ1) is 13.7. The Labute approximate surface area is 168 Å². The second-order valence-corrected chi connectivity index (χ2v) is 7.09. The molecule has 0 aromatic heterocycles. The summed E-state index contributed by atoms with van der Waals surface area (Å²) in [4.78, 5) is 50.8. The number of hydrogen-bond acceptors (Lipinski definition) is 5.